The summed E-state index contributed by atoms with van der Waals surface area (Å²) in [6, 6.07) is 14.4. The number of aryl methyl sites for hydroxylation is 2. The molecule has 1 heterocycles. The van der Waals surface area contributed by atoms with Gasteiger partial charge in [0.2, 0.25) is 11.8 Å². The predicted molar refractivity (Wildman–Crippen MR) is 109 cm³/mol. The maximum Gasteiger partial charge on any atom is 0.257 e. The highest BCUT2D eigenvalue weighted by Crippen LogP contribution is 2.27. The summed E-state index contributed by atoms with van der Waals surface area (Å²) in [7, 11) is 0. The summed E-state index contributed by atoms with van der Waals surface area (Å²) in [4.78, 5) is 41.3. The number of carbonyl (C=O) groups is 3. The number of hydrogen-bond acceptors (Lipinski definition) is 3. The molecule has 1 aliphatic heterocycles. The summed E-state index contributed by atoms with van der Waals surface area (Å²) in [6.45, 7) is 6.21. The van der Waals surface area contributed by atoms with E-state index in [4.69, 9.17) is 0 Å². The highest BCUT2D eigenvalue weighted by Gasteiger charge is 2.44. The first-order chi connectivity index (χ1) is 13.4. The minimum atomic E-state index is -0.755. The Hall–Kier alpha value is -2.95. The van der Waals surface area contributed by atoms with Gasteiger partial charge in [0.05, 0.1) is 12.1 Å². The van der Waals surface area contributed by atoms with E-state index in [1.807, 2.05) is 57.2 Å². The quantitative estimate of drug-likeness (QED) is 0.719. The van der Waals surface area contributed by atoms with Crippen LogP contribution in [0.25, 0.3) is 0 Å². The third-order valence-electron chi connectivity index (χ3n) is 5.05. The molecular weight excluding hydrogens is 352 g/mol. The molecular formula is C23H26N2O3. The van der Waals surface area contributed by atoms with Gasteiger partial charge in [-0.05, 0) is 38.0 Å². The molecule has 0 aliphatic carbocycles. The van der Waals surface area contributed by atoms with Gasteiger partial charge in [0.15, 0.2) is 0 Å². The maximum absolute atomic E-state index is 13.1. The van der Waals surface area contributed by atoms with Gasteiger partial charge in [-0.2, -0.15) is 0 Å². The van der Waals surface area contributed by atoms with Gasteiger partial charge in [-0.15, -0.1) is 0 Å². The first kappa shape index (κ1) is 19.8. The Morgan fingerprint density at radius 1 is 1.00 bits per heavy atom. The lowest BCUT2D eigenvalue weighted by Crippen LogP contribution is -2.45. The molecule has 1 saturated heterocycles. The SMILES string of the molecule is CCCC(=O)N(Cc1ccc(C)cc1)C1CC(=O)N(c2ccc(C)cc2)C1=O. The molecule has 2 aromatic rings. The van der Waals surface area contributed by atoms with Gasteiger partial charge in [0, 0.05) is 13.0 Å². The van der Waals surface area contributed by atoms with Crippen molar-refractivity contribution in [3.05, 3.63) is 65.2 Å². The van der Waals surface area contributed by atoms with Crippen molar-refractivity contribution >= 4 is 23.4 Å². The van der Waals surface area contributed by atoms with E-state index in [1.165, 1.54) is 4.90 Å². The van der Waals surface area contributed by atoms with Crippen molar-refractivity contribution in [2.45, 2.75) is 52.6 Å². The Morgan fingerprint density at radius 2 is 1.57 bits per heavy atom. The molecule has 0 saturated carbocycles. The first-order valence-corrected chi connectivity index (χ1v) is 9.69. The molecule has 1 fully saturated rings. The molecule has 5 heteroatoms. The molecule has 1 atom stereocenters. The van der Waals surface area contributed by atoms with Gasteiger partial charge < -0.3 is 4.90 Å². The van der Waals surface area contributed by atoms with Crippen LogP contribution in [0.2, 0.25) is 0 Å². The number of benzene rings is 2. The molecule has 1 unspecified atom stereocenters. The van der Waals surface area contributed by atoms with Crippen LogP contribution in [0.15, 0.2) is 48.5 Å². The molecule has 2 aromatic carbocycles. The molecule has 28 heavy (non-hydrogen) atoms. The van der Waals surface area contributed by atoms with Crippen LogP contribution >= 0.6 is 0 Å². The summed E-state index contributed by atoms with van der Waals surface area (Å²) < 4.78 is 0. The van der Waals surface area contributed by atoms with Crippen LogP contribution in [0.5, 0.6) is 0 Å². The fraction of sp³-hybridized carbons (Fsp3) is 0.348. The zero-order chi connectivity index (χ0) is 20.3. The summed E-state index contributed by atoms with van der Waals surface area (Å²) in [6.07, 6.45) is 1.07. The van der Waals surface area contributed by atoms with E-state index < -0.39 is 6.04 Å². The summed E-state index contributed by atoms with van der Waals surface area (Å²) in [5.41, 5.74) is 3.69. The van der Waals surface area contributed by atoms with Crippen LogP contribution in [0, 0.1) is 13.8 Å². The number of nitrogens with zero attached hydrogens (tertiary/aromatic N) is 2. The lowest BCUT2D eigenvalue weighted by Gasteiger charge is -2.28. The van der Waals surface area contributed by atoms with E-state index in [2.05, 4.69) is 0 Å². The van der Waals surface area contributed by atoms with Crippen LogP contribution in [0.4, 0.5) is 5.69 Å². The van der Waals surface area contributed by atoms with E-state index >= 15 is 0 Å². The Balaban J connectivity index is 1.88. The monoisotopic (exact) mass is 378 g/mol. The zero-order valence-corrected chi connectivity index (χ0v) is 16.6. The Bertz CT molecular complexity index is 872. The summed E-state index contributed by atoms with van der Waals surface area (Å²) in [5.74, 6) is -0.692. The maximum atomic E-state index is 13.1. The fourth-order valence-corrected chi connectivity index (χ4v) is 3.44. The number of rotatable bonds is 6. The molecule has 0 bridgehead atoms. The van der Waals surface area contributed by atoms with Gasteiger partial charge in [0.25, 0.3) is 5.91 Å². The second-order valence-corrected chi connectivity index (χ2v) is 7.38. The lowest BCUT2D eigenvalue weighted by molar-refractivity contribution is -0.139. The van der Waals surface area contributed by atoms with Crippen molar-refractivity contribution in [2.75, 3.05) is 4.90 Å². The number of amides is 3. The van der Waals surface area contributed by atoms with Crippen molar-refractivity contribution in [3.8, 4) is 0 Å². The Labute approximate surface area is 166 Å². The molecule has 0 spiro atoms. The van der Waals surface area contributed by atoms with Crippen molar-refractivity contribution in [3.63, 3.8) is 0 Å². The minimum absolute atomic E-state index is 0.0219. The van der Waals surface area contributed by atoms with E-state index in [9.17, 15) is 14.4 Å². The second kappa shape index (κ2) is 8.38. The lowest BCUT2D eigenvalue weighted by atomic mass is 10.1. The van der Waals surface area contributed by atoms with E-state index in [-0.39, 0.29) is 24.1 Å². The third-order valence-corrected chi connectivity index (χ3v) is 5.05. The van der Waals surface area contributed by atoms with Crippen LogP contribution in [0.1, 0.15) is 42.9 Å². The van der Waals surface area contributed by atoms with Crippen molar-refractivity contribution in [1.29, 1.82) is 0 Å². The second-order valence-electron chi connectivity index (χ2n) is 7.38. The molecule has 1 aliphatic rings. The number of hydrogen-bond donors (Lipinski definition) is 0. The topological polar surface area (TPSA) is 57.7 Å². The highest BCUT2D eigenvalue weighted by molar-refractivity contribution is 6.23. The zero-order valence-electron chi connectivity index (χ0n) is 16.6. The average Bonchev–Trinajstić information content (AvgIpc) is 2.96. The van der Waals surface area contributed by atoms with Crippen molar-refractivity contribution in [2.24, 2.45) is 0 Å². The van der Waals surface area contributed by atoms with E-state index in [0.717, 1.165) is 16.7 Å². The van der Waals surface area contributed by atoms with Gasteiger partial charge in [-0.3, -0.25) is 14.4 Å². The van der Waals surface area contributed by atoms with Crippen molar-refractivity contribution in [1.82, 2.24) is 4.90 Å². The number of anilines is 1. The molecule has 0 aromatic heterocycles. The molecule has 0 radical (unpaired) electrons. The molecule has 146 valence electrons. The van der Waals surface area contributed by atoms with Gasteiger partial charge in [-0.1, -0.05) is 54.4 Å². The first-order valence-electron chi connectivity index (χ1n) is 9.69. The molecule has 0 N–H and O–H groups in total. The van der Waals surface area contributed by atoms with Crippen molar-refractivity contribution < 1.29 is 14.4 Å². The van der Waals surface area contributed by atoms with Gasteiger partial charge in [0.1, 0.15) is 6.04 Å². The molecule has 3 amide bonds. The van der Waals surface area contributed by atoms with Crippen LogP contribution in [-0.2, 0) is 20.9 Å². The Kier molecular flexibility index (Phi) is 5.93. The molecule has 3 rings (SSSR count). The third kappa shape index (κ3) is 4.14. The molecule has 5 nitrogen and oxygen atoms in total. The van der Waals surface area contributed by atoms with E-state index in [0.29, 0.717) is 25.1 Å². The average molecular weight is 378 g/mol. The van der Waals surface area contributed by atoms with Crippen LogP contribution in [-0.4, -0.2) is 28.7 Å². The van der Waals surface area contributed by atoms with Crippen LogP contribution in [0.3, 0.4) is 0 Å². The largest absolute Gasteiger partial charge is 0.326 e. The standard InChI is InChI=1S/C23H26N2O3/c1-4-5-21(26)24(15-18-10-6-16(2)7-11-18)20-14-22(27)25(23(20)28)19-12-8-17(3)9-13-19/h6-13,20H,4-5,14-15H2,1-3H3. The van der Waals surface area contributed by atoms with Gasteiger partial charge in [-0.25, -0.2) is 4.90 Å². The summed E-state index contributed by atoms with van der Waals surface area (Å²) in [5, 5.41) is 0. The smallest absolute Gasteiger partial charge is 0.257 e. The fourth-order valence-electron chi connectivity index (χ4n) is 3.44. The normalized spacial score (nSPS) is 16.5. The Morgan fingerprint density at radius 3 is 2.14 bits per heavy atom. The number of imide groups is 1. The minimum Gasteiger partial charge on any atom is -0.326 e. The van der Waals surface area contributed by atoms with E-state index in [1.54, 1.807) is 17.0 Å². The van der Waals surface area contributed by atoms with Crippen LogP contribution < -0.4 is 4.90 Å². The number of carbonyl (C=O) groups excluding carboxylic acids is 3. The highest BCUT2D eigenvalue weighted by atomic mass is 16.2. The van der Waals surface area contributed by atoms with Gasteiger partial charge >= 0.3 is 0 Å². The summed E-state index contributed by atoms with van der Waals surface area (Å²) >= 11 is 0. The predicted octanol–water partition coefficient (Wildman–Crippen LogP) is 3.76.